The number of carbonyl (C=O) groups is 1. The molecular formula is C12H20O3S. The van der Waals surface area contributed by atoms with Gasteiger partial charge in [0.15, 0.2) is 0 Å². The lowest BCUT2D eigenvalue weighted by Gasteiger charge is -2.36. The van der Waals surface area contributed by atoms with E-state index in [9.17, 15) is 4.79 Å². The van der Waals surface area contributed by atoms with Crippen molar-refractivity contribution in [1.82, 2.24) is 0 Å². The van der Waals surface area contributed by atoms with Gasteiger partial charge in [-0.25, -0.2) is 0 Å². The van der Waals surface area contributed by atoms with Gasteiger partial charge >= 0.3 is 0 Å². The van der Waals surface area contributed by atoms with E-state index >= 15 is 0 Å². The van der Waals surface area contributed by atoms with Gasteiger partial charge in [0.05, 0.1) is 18.0 Å². The average molecular weight is 244 g/mol. The van der Waals surface area contributed by atoms with Crippen molar-refractivity contribution in [3.8, 4) is 0 Å². The molecule has 92 valence electrons. The Morgan fingerprint density at radius 1 is 1.50 bits per heavy atom. The van der Waals surface area contributed by atoms with Crippen LogP contribution in [0.2, 0.25) is 0 Å². The average Bonchev–Trinajstić information content (AvgIpc) is 2.74. The molecule has 2 fully saturated rings. The zero-order chi connectivity index (χ0) is 11.4. The zero-order valence-electron chi connectivity index (χ0n) is 9.87. The minimum atomic E-state index is -0.130. The van der Waals surface area contributed by atoms with Crippen LogP contribution in [0.5, 0.6) is 0 Å². The summed E-state index contributed by atoms with van der Waals surface area (Å²) in [5, 5.41) is 0. The fourth-order valence-corrected chi connectivity index (χ4v) is 3.13. The van der Waals surface area contributed by atoms with Gasteiger partial charge in [-0.05, 0) is 18.6 Å². The van der Waals surface area contributed by atoms with Crippen LogP contribution >= 0.6 is 11.8 Å². The molecule has 2 aliphatic rings. The molecule has 16 heavy (non-hydrogen) atoms. The number of rotatable bonds is 4. The maximum atomic E-state index is 12.0. The Hall–Kier alpha value is -0.0600. The van der Waals surface area contributed by atoms with Crippen molar-refractivity contribution in [2.45, 2.75) is 31.8 Å². The first-order valence-corrected chi connectivity index (χ1v) is 7.23. The summed E-state index contributed by atoms with van der Waals surface area (Å²) in [5.41, 5.74) is -0.130. The number of hydrogen-bond donors (Lipinski definition) is 0. The van der Waals surface area contributed by atoms with Gasteiger partial charge in [0.1, 0.15) is 5.78 Å². The molecule has 2 rings (SSSR count). The number of carbonyl (C=O) groups excluding carboxylic acids is 1. The van der Waals surface area contributed by atoms with E-state index in [1.807, 2.05) is 0 Å². The fraction of sp³-hybridized carbons (Fsp3) is 0.917. The summed E-state index contributed by atoms with van der Waals surface area (Å²) in [4.78, 5) is 12.0. The van der Waals surface area contributed by atoms with Gasteiger partial charge in [-0.15, -0.1) is 0 Å². The molecule has 0 aromatic rings. The maximum absolute atomic E-state index is 12.0. The minimum Gasteiger partial charge on any atom is -0.378 e. The van der Waals surface area contributed by atoms with Crippen molar-refractivity contribution in [2.24, 2.45) is 5.92 Å². The van der Waals surface area contributed by atoms with Crippen LogP contribution in [0.15, 0.2) is 0 Å². The van der Waals surface area contributed by atoms with Gasteiger partial charge in [0.25, 0.3) is 0 Å². The van der Waals surface area contributed by atoms with Gasteiger partial charge in [0, 0.05) is 25.6 Å². The molecule has 2 heterocycles. The van der Waals surface area contributed by atoms with Gasteiger partial charge in [-0.1, -0.05) is 6.92 Å². The highest BCUT2D eigenvalue weighted by molar-refractivity contribution is 7.99. The highest BCUT2D eigenvalue weighted by atomic mass is 32.2. The second kappa shape index (κ2) is 5.52. The predicted molar refractivity (Wildman–Crippen MR) is 64.8 cm³/mol. The summed E-state index contributed by atoms with van der Waals surface area (Å²) >= 11 is 1.72. The van der Waals surface area contributed by atoms with Crippen LogP contribution < -0.4 is 0 Å². The molecule has 0 aliphatic carbocycles. The Morgan fingerprint density at radius 3 is 3.06 bits per heavy atom. The Balaban J connectivity index is 1.88. The second-order valence-electron chi connectivity index (χ2n) is 4.63. The quantitative estimate of drug-likeness (QED) is 0.756. The summed E-state index contributed by atoms with van der Waals surface area (Å²) < 4.78 is 11.2. The van der Waals surface area contributed by atoms with Crippen molar-refractivity contribution < 1.29 is 14.3 Å². The molecule has 2 unspecified atom stereocenters. The van der Waals surface area contributed by atoms with Gasteiger partial charge in [0.2, 0.25) is 0 Å². The molecule has 2 aliphatic heterocycles. The Bertz CT molecular complexity index is 249. The first-order valence-electron chi connectivity index (χ1n) is 6.08. The number of hydrogen-bond acceptors (Lipinski definition) is 4. The number of ether oxygens (including phenoxy) is 2. The van der Waals surface area contributed by atoms with E-state index in [0.29, 0.717) is 18.1 Å². The van der Waals surface area contributed by atoms with E-state index in [2.05, 4.69) is 6.92 Å². The van der Waals surface area contributed by atoms with E-state index in [4.69, 9.17) is 9.47 Å². The summed E-state index contributed by atoms with van der Waals surface area (Å²) in [5.74, 6) is 2.29. The summed E-state index contributed by atoms with van der Waals surface area (Å²) in [6.45, 7) is 4.27. The van der Waals surface area contributed by atoms with E-state index in [1.54, 1.807) is 11.8 Å². The lowest BCUT2D eigenvalue weighted by Crippen LogP contribution is -2.42. The van der Waals surface area contributed by atoms with Crippen LogP contribution in [-0.4, -0.2) is 42.7 Å². The van der Waals surface area contributed by atoms with Gasteiger partial charge in [-0.2, -0.15) is 11.8 Å². The monoisotopic (exact) mass is 244 g/mol. The number of thioether (sulfide) groups is 1. The first kappa shape index (κ1) is 12.4. The smallest absolute Gasteiger partial charge is 0.146 e. The maximum Gasteiger partial charge on any atom is 0.146 e. The molecule has 0 aromatic carbocycles. The third-order valence-corrected chi connectivity index (χ3v) is 4.36. The molecule has 1 spiro atoms. The third-order valence-electron chi connectivity index (χ3n) is 3.46. The van der Waals surface area contributed by atoms with Crippen LogP contribution in [-0.2, 0) is 14.3 Å². The number of ketones is 1. The van der Waals surface area contributed by atoms with Crippen molar-refractivity contribution in [2.75, 3.05) is 31.3 Å². The van der Waals surface area contributed by atoms with Crippen molar-refractivity contribution in [3.63, 3.8) is 0 Å². The molecule has 0 bridgehead atoms. The summed E-state index contributed by atoms with van der Waals surface area (Å²) in [6.07, 6.45) is 2.72. The third kappa shape index (κ3) is 2.79. The molecule has 2 atom stereocenters. The molecule has 0 amide bonds. The zero-order valence-corrected chi connectivity index (χ0v) is 10.7. The Labute approximate surface area is 101 Å². The molecule has 2 saturated heterocycles. The molecule has 0 aromatic heterocycles. The number of Topliss-reactive ketones (excluding diaryl/α,β-unsaturated/α-hetero) is 1. The molecule has 0 saturated carbocycles. The highest BCUT2D eigenvalue weighted by Crippen LogP contribution is 2.36. The topological polar surface area (TPSA) is 35.5 Å². The second-order valence-corrected chi connectivity index (χ2v) is 5.90. The van der Waals surface area contributed by atoms with E-state index < -0.39 is 0 Å². The lowest BCUT2D eigenvalue weighted by atomic mass is 9.83. The molecular weight excluding hydrogens is 224 g/mol. The van der Waals surface area contributed by atoms with Crippen LogP contribution in [0.4, 0.5) is 0 Å². The summed E-state index contributed by atoms with van der Waals surface area (Å²) in [6, 6.07) is 0. The fourth-order valence-electron chi connectivity index (χ4n) is 2.49. The molecule has 0 radical (unpaired) electrons. The first-order chi connectivity index (χ1) is 7.76. The van der Waals surface area contributed by atoms with E-state index in [0.717, 1.165) is 38.2 Å². The normalized spacial score (nSPS) is 34.4. The largest absolute Gasteiger partial charge is 0.378 e. The standard InChI is InChI=1S/C12H20O3S/c1-2-16-8-11(13)10-3-5-15-12(7-10)4-6-14-9-12/h10H,2-9H2,1H3. The van der Waals surface area contributed by atoms with Gasteiger partial charge < -0.3 is 9.47 Å². The van der Waals surface area contributed by atoms with Crippen molar-refractivity contribution >= 4 is 17.5 Å². The van der Waals surface area contributed by atoms with Gasteiger partial charge in [-0.3, -0.25) is 4.79 Å². The Morgan fingerprint density at radius 2 is 2.38 bits per heavy atom. The SMILES string of the molecule is CCSCC(=O)C1CCOC2(CCOC2)C1. The van der Waals surface area contributed by atoms with E-state index in [-0.39, 0.29) is 11.5 Å². The Kier molecular flexibility index (Phi) is 4.27. The van der Waals surface area contributed by atoms with E-state index in [1.165, 1.54) is 0 Å². The minimum absolute atomic E-state index is 0.130. The van der Waals surface area contributed by atoms with Crippen LogP contribution in [0.1, 0.15) is 26.2 Å². The van der Waals surface area contributed by atoms with Crippen LogP contribution in [0.3, 0.4) is 0 Å². The van der Waals surface area contributed by atoms with Crippen molar-refractivity contribution in [1.29, 1.82) is 0 Å². The predicted octanol–water partition coefficient (Wildman–Crippen LogP) is 1.89. The highest BCUT2D eigenvalue weighted by Gasteiger charge is 2.42. The lowest BCUT2D eigenvalue weighted by molar-refractivity contribution is -0.134. The molecule has 0 N–H and O–H groups in total. The van der Waals surface area contributed by atoms with Crippen LogP contribution in [0.25, 0.3) is 0 Å². The molecule has 4 heteroatoms. The van der Waals surface area contributed by atoms with Crippen molar-refractivity contribution in [3.05, 3.63) is 0 Å². The molecule has 3 nitrogen and oxygen atoms in total. The summed E-state index contributed by atoms with van der Waals surface area (Å²) in [7, 11) is 0. The van der Waals surface area contributed by atoms with Crippen LogP contribution in [0, 0.1) is 5.92 Å².